The topological polar surface area (TPSA) is 17.1 Å². The summed E-state index contributed by atoms with van der Waals surface area (Å²) < 4.78 is 0. The van der Waals surface area contributed by atoms with Crippen molar-refractivity contribution < 1.29 is 4.79 Å². The quantitative estimate of drug-likeness (QED) is 0.720. The van der Waals surface area contributed by atoms with Crippen LogP contribution in [0.4, 0.5) is 0 Å². The molecule has 2 rings (SSSR count). The van der Waals surface area contributed by atoms with Crippen LogP contribution in [0.3, 0.4) is 0 Å². The first-order valence-electron chi connectivity index (χ1n) is 4.97. The van der Waals surface area contributed by atoms with E-state index in [1.54, 1.807) is 11.3 Å². The lowest BCUT2D eigenvalue weighted by Gasteiger charge is -1.89. The molecule has 0 radical (unpaired) electrons. The van der Waals surface area contributed by atoms with E-state index in [0.717, 1.165) is 10.4 Å². The van der Waals surface area contributed by atoms with Crippen molar-refractivity contribution in [1.29, 1.82) is 0 Å². The van der Waals surface area contributed by atoms with Crippen LogP contribution in [-0.2, 0) is 11.2 Å². The van der Waals surface area contributed by atoms with E-state index in [1.165, 1.54) is 0 Å². The summed E-state index contributed by atoms with van der Waals surface area (Å²) in [5, 5.41) is 1.97. The van der Waals surface area contributed by atoms with Gasteiger partial charge in [-0.15, -0.1) is 11.3 Å². The molecular weight excluding hydrogens is 216 g/mol. The van der Waals surface area contributed by atoms with Crippen molar-refractivity contribution in [3.05, 3.63) is 58.3 Å². The van der Waals surface area contributed by atoms with E-state index < -0.39 is 0 Å². The smallest absolute Gasteiger partial charge is 0.211 e. The van der Waals surface area contributed by atoms with Crippen LogP contribution in [0.1, 0.15) is 10.4 Å². The fourth-order valence-electron chi connectivity index (χ4n) is 1.28. The van der Waals surface area contributed by atoms with Gasteiger partial charge in [0.15, 0.2) is 0 Å². The van der Waals surface area contributed by atoms with Crippen molar-refractivity contribution in [2.45, 2.75) is 6.42 Å². The molecule has 0 aliphatic heterocycles. The monoisotopic (exact) mass is 226 g/mol. The molecule has 0 saturated carbocycles. The second kappa shape index (κ2) is 5.29. The van der Waals surface area contributed by atoms with Gasteiger partial charge in [-0.3, -0.25) is 4.79 Å². The standard InChI is InChI=1S/C14H10OS/c15-13(11-14-7-4-10-16-14)9-8-12-5-2-1-3-6-12/h1-7,10H,11H2. The Kier molecular flexibility index (Phi) is 3.53. The summed E-state index contributed by atoms with van der Waals surface area (Å²) in [5.41, 5.74) is 0.877. The molecule has 0 N–H and O–H groups in total. The molecule has 0 amide bonds. The molecule has 16 heavy (non-hydrogen) atoms. The maximum atomic E-state index is 11.5. The predicted molar refractivity (Wildman–Crippen MR) is 66.4 cm³/mol. The Labute approximate surface area is 98.7 Å². The number of hydrogen-bond acceptors (Lipinski definition) is 2. The third-order valence-electron chi connectivity index (χ3n) is 2.03. The highest BCUT2D eigenvalue weighted by molar-refractivity contribution is 7.10. The van der Waals surface area contributed by atoms with Crippen molar-refractivity contribution in [2.75, 3.05) is 0 Å². The molecule has 2 heteroatoms. The van der Waals surface area contributed by atoms with Gasteiger partial charge >= 0.3 is 0 Å². The summed E-state index contributed by atoms with van der Waals surface area (Å²) in [7, 11) is 0. The molecule has 0 fully saturated rings. The Morgan fingerprint density at radius 1 is 1.12 bits per heavy atom. The highest BCUT2D eigenvalue weighted by atomic mass is 32.1. The first-order valence-corrected chi connectivity index (χ1v) is 5.85. The minimum absolute atomic E-state index is 0.0358. The zero-order valence-corrected chi connectivity index (χ0v) is 9.46. The molecule has 1 nitrogen and oxygen atoms in total. The third kappa shape index (κ3) is 3.08. The van der Waals surface area contributed by atoms with Crippen molar-refractivity contribution in [3.63, 3.8) is 0 Å². The van der Waals surface area contributed by atoms with E-state index in [9.17, 15) is 4.79 Å². The van der Waals surface area contributed by atoms with Gasteiger partial charge in [0.2, 0.25) is 5.78 Å². The Bertz CT molecular complexity index is 515. The summed E-state index contributed by atoms with van der Waals surface area (Å²) in [6.45, 7) is 0. The highest BCUT2D eigenvalue weighted by Gasteiger charge is 1.99. The molecule has 0 spiro atoms. The number of rotatable bonds is 2. The summed E-state index contributed by atoms with van der Waals surface area (Å²) >= 11 is 1.58. The van der Waals surface area contributed by atoms with E-state index in [-0.39, 0.29) is 5.78 Å². The lowest BCUT2D eigenvalue weighted by molar-refractivity contribution is -0.113. The van der Waals surface area contributed by atoms with Crippen LogP contribution in [0.15, 0.2) is 47.8 Å². The summed E-state index contributed by atoms with van der Waals surface area (Å²) in [4.78, 5) is 12.6. The van der Waals surface area contributed by atoms with Gasteiger partial charge in [-0.2, -0.15) is 0 Å². The van der Waals surface area contributed by atoms with Gasteiger partial charge in [0, 0.05) is 10.4 Å². The molecule has 78 valence electrons. The lowest BCUT2D eigenvalue weighted by atomic mass is 10.2. The van der Waals surface area contributed by atoms with E-state index in [4.69, 9.17) is 0 Å². The number of Topliss-reactive ketones (excluding diaryl/α,β-unsaturated/α-hetero) is 1. The SMILES string of the molecule is O=C(C#Cc1ccccc1)Cc1cccs1. The van der Waals surface area contributed by atoms with Crippen LogP contribution >= 0.6 is 11.3 Å². The predicted octanol–water partition coefficient (Wildman–Crippen LogP) is 2.91. The fourth-order valence-corrected chi connectivity index (χ4v) is 1.98. The largest absolute Gasteiger partial charge is 0.284 e. The summed E-state index contributed by atoms with van der Waals surface area (Å²) in [6, 6.07) is 13.4. The number of thiophene rings is 1. The first kappa shape index (κ1) is 10.7. The average Bonchev–Trinajstić information content (AvgIpc) is 2.81. The molecule has 2 aromatic rings. The molecule has 1 aromatic heterocycles. The Balaban J connectivity index is 2.01. The molecule has 0 aliphatic rings. The number of hydrogen-bond donors (Lipinski definition) is 0. The maximum absolute atomic E-state index is 11.5. The number of carbonyl (C=O) groups is 1. The lowest BCUT2D eigenvalue weighted by Crippen LogP contribution is -1.96. The van der Waals surface area contributed by atoms with Crippen LogP contribution in [-0.4, -0.2) is 5.78 Å². The minimum Gasteiger partial charge on any atom is -0.284 e. The Morgan fingerprint density at radius 3 is 2.62 bits per heavy atom. The van der Waals surface area contributed by atoms with Crippen molar-refractivity contribution in [2.24, 2.45) is 0 Å². The number of carbonyl (C=O) groups excluding carboxylic acids is 1. The maximum Gasteiger partial charge on any atom is 0.211 e. The van der Waals surface area contributed by atoms with Crippen molar-refractivity contribution in [1.82, 2.24) is 0 Å². The summed E-state index contributed by atoms with van der Waals surface area (Å²) in [6.07, 6.45) is 0.414. The number of ketones is 1. The van der Waals surface area contributed by atoms with Crippen LogP contribution < -0.4 is 0 Å². The first-order chi connectivity index (χ1) is 7.84. The zero-order valence-electron chi connectivity index (χ0n) is 8.64. The molecule has 0 unspecified atom stereocenters. The van der Waals surface area contributed by atoms with Crippen LogP contribution in [0.5, 0.6) is 0 Å². The van der Waals surface area contributed by atoms with Gasteiger partial charge in [-0.05, 0) is 29.5 Å². The molecule has 1 aromatic carbocycles. The number of benzene rings is 1. The van der Waals surface area contributed by atoms with Crippen LogP contribution in [0, 0.1) is 11.8 Å². The molecule has 1 heterocycles. The highest BCUT2D eigenvalue weighted by Crippen LogP contribution is 2.09. The zero-order chi connectivity index (χ0) is 11.2. The summed E-state index contributed by atoms with van der Waals surface area (Å²) in [5.74, 6) is 5.48. The Morgan fingerprint density at radius 2 is 1.94 bits per heavy atom. The third-order valence-corrected chi connectivity index (χ3v) is 2.91. The van der Waals surface area contributed by atoms with E-state index in [0.29, 0.717) is 6.42 Å². The van der Waals surface area contributed by atoms with Gasteiger partial charge in [0.25, 0.3) is 0 Å². The van der Waals surface area contributed by atoms with E-state index in [2.05, 4.69) is 11.8 Å². The van der Waals surface area contributed by atoms with E-state index in [1.807, 2.05) is 47.8 Å². The van der Waals surface area contributed by atoms with Gasteiger partial charge in [-0.1, -0.05) is 30.2 Å². The minimum atomic E-state index is -0.0358. The average molecular weight is 226 g/mol. The van der Waals surface area contributed by atoms with Gasteiger partial charge in [-0.25, -0.2) is 0 Å². The molecule has 0 aliphatic carbocycles. The second-order valence-electron chi connectivity index (χ2n) is 3.30. The van der Waals surface area contributed by atoms with Gasteiger partial charge < -0.3 is 0 Å². The molecule has 0 saturated heterocycles. The van der Waals surface area contributed by atoms with Crippen LogP contribution in [0.25, 0.3) is 0 Å². The second-order valence-corrected chi connectivity index (χ2v) is 4.33. The van der Waals surface area contributed by atoms with Crippen molar-refractivity contribution >= 4 is 17.1 Å². The molecule has 0 bridgehead atoms. The van der Waals surface area contributed by atoms with Gasteiger partial charge in [0.05, 0.1) is 6.42 Å². The normalized spacial score (nSPS) is 9.25. The Hall–Kier alpha value is -1.85. The molecular formula is C14H10OS. The fraction of sp³-hybridized carbons (Fsp3) is 0.0714. The van der Waals surface area contributed by atoms with Crippen LogP contribution in [0.2, 0.25) is 0 Å². The van der Waals surface area contributed by atoms with E-state index >= 15 is 0 Å². The van der Waals surface area contributed by atoms with Gasteiger partial charge in [0.1, 0.15) is 0 Å². The van der Waals surface area contributed by atoms with Crippen molar-refractivity contribution in [3.8, 4) is 11.8 Å². The molecule has 0 atom stereocenters.